The fourth-order valence-corrected chi connectivity index (χ4v) is 2.27. The number of anilines is 1. The third-order valence-corrected chi connectivity index (χ3v) is 3.46. The summed E-state index contributed by atoms with van der Waals surface area (Å²) in [5, 5.41) is 0. The lowest BCUT2D eigenvalue weighted by molar-refractivity contribution is 0.397. The Labute approximate surface area is 96.2 Å². The van der Waals surface area contributed by atoms with Crippen LogP contribution >= 0.6 is 0 Å². The quantitative estimate of drug-likeness (QED) is 0.847. The van der Waals surface area contributed by atoms with Gasteiger partial charge in [-0.05, 0) is 43.9 Å². The predicted octanol–water partition coefficient (Wildman–Crippen LogP) is 2.32. The molecule has 1 fully saturated rings. The van der Waals surface area contributed by atoms with Crippen LogP contribution in [0.3, 0.4) is 0 Å². The van der Waals surface area contributed by atoms with Gasteiger partial charge in [0.05, 0.1) is 5.69 Å². The van der Waals surface area contributed by atoms with Gasteiger partial charge >= 0.3 is 0 Å². The molecule has 0 radical (unpaired) electrons. The lowest BCUT2D eigenvalue weighted by atomic mass is 9.91. The molecule has 16 heavy (non-hydrogen) atoms. The molecule has 2 N–H and O–H groups in total. The molecule has 0 bridgehead atoms. The Morgan fingerprint density at radius 3 is 2.75 bits per heavy atom. The highest BCUT2D eigenvalue weighted by Gasteiger charge is 2.25. The van der Waals surface area contributed by atoms with E-state index in [9.17, 15) is 4.39 Å². The smallest absolute Gasteiger partial charge is 0.146 e. The van der Waals surface area contributed by atoms with Gasteiger partial charge in [-0.25, -0.2) is 4.39 Å². The molecule has 0 aromatic heterocycles. The number of hydrogen-bond donors (Lipinski definition) is 1. The fourth-order valence-electron chi connectivity index (χ4n) is 2.27. The maximum atomic E-state index is 13.9. The van der Waals surface area contributed by atoms with E-state index in [2.05, 4.69) is 4.90 Å². The Bertz CT molecular complexity index is 361. The van der Waals surface area contributed by atoms with Gasteiger partial charge in [0.1, 0.15) is 5.82 Å². The number of nitrogens with zero attached hydrogens (tertiary/aromatic N) is 1. The summed E-state index contributed by atoms with van der Waals surface area (Å²) >= 11 is 0. The molecule has 0 spiro atoms. The van der Waals surface area contributed by atoms with Crippen molar-refractivity contribution in [3.05, 3.63) is 29.6 Å². The summed E-state index contributed by atoms with van der Waals surface area (Å²) in [5.41, 5.74) is 7.33. The minimum absolute atomic E-state index is 0.125. The van der Waals surface area contributed by atoms with Crippen LogP contribution in [0.15, 0.2) is 18.2 Å². The average molecular weight is 222 g/mol. The summed E-state index contributed by atoms with van der Waals surface area (Å²) < 4.78 is 13.9. The molecule has 0 atom stereocenters. The summed E-state index contributed by atoms with van der Waals surface area (Å²) in [6, 6.07) is 5.78. The minimum Gasteiger partial charge on any atom is -0.369 e. The molecule has 0 amide bonds. The van der Waals surface area contributed by atoms with Crippen LogP contribution in [0.1, 0.15) is 24.8 Å². The zero-order valence-electron chi connectivity index (χ0n) is 9.75. The summed E-state index contributed by atoms with van der Waals surface area (Å²) in [6.45, 7) is 0.564. The van der Waals surface area contributed by atoms with Gasteiger partial charge in [0.2, 0.25) is 0 Å². The molecular formula is C13H19FN2. The Balaban J connectivity index is 2.28. The number of nitrogens with two attached hydrogens (primary N) is 1. The lowest BCUT2D eigenvalue weighted by Crippen LogP contribution is -2.38. The van der Waals surface area contributed by atoms with Crippen LogP contribution < -0.4 is 10.6 Å². The van der Waals surface area contributed by atoms with E-state index in [-0.39, 0.29) is 5.82 Å². The highest BCUT2D eigenvalue weighted by atomic mass is 19.1. The molecule has 1 saturated carbocycles. The van der Waals surface area contributed by atoms with Gasteiger partial charge in [-0.15, -0.1) is 0 Å². The van der Waals surface area contributed by atoms with Crippen LogP contribution in [-0.4, -0.2) is 19.6 Å². The second-order valence-electron chi connectivity index (χ2n) is 4.48. The summed E-state index contributed by atoms with van der Waals surface area (Å²) in [4.78, 5) is 2.09. The van der Waals surface area contributed by atoms with Crippen LogP contribution in [0.2, 0.25) is 0 Å². The molecule has 0 aliphatic heterocycles. The number of halogens is 1. The maximum Gasteiger partial charge on any atom is 0.146 e. The Hall–Kier alpha value is -1.09. The number of hydrogen-bond acceptors (Lipinski definition) is 2. The predicted molar refractivity (Wildman–Crippen MR) is 65.2 cm³/mol. The lowest BCUT2D eigenvalue weighted by Gasteiger charge is -2.37. The largest absolute Gasteiger partial charge is 0.369 e. The molecular weight excluding hydrogens is 203 g/mol. The van der Waals surface area contributed by atoms with Gasteiger partial charge < -0.3 is 10.6 Å². The monoisotopic (exact) mass is 222 g/mol. The van der Waals surface area contributed by atoms with E-state index in [1.54, 1.807) is 6.07 Å². The standard InChI is InChI=1S/C13H19FN2/c1-16(11-5-3-6-11)13-10(8-9-15)4-2-7-12(13)14/h2,4,7,11H,3,5-6,8-9,15H2,1H3. The van der Waals surface area contributed by atoms with Crippen LogP contribution in [0.25, 0.3) is 0 Å². The van der Waals surface area contributed by atoms with Crippen molar-refractivity contribution < 1.29 is 4.39 Å². The summed E-state index contributed by atoms with van der Waals surface area (Å²) in [5.74, 6) is -0.125. The second-order valence-corrected chi connectivity index (χ2v) is 4.48. The molecule has 1 aromatic carbocycles. The van der Waals surface area contributed by atoms with E-state index in [1.165, 1.54) is 25.3 Å². The van der Waals surface area contributed by atoms with Gasteiger partial charge in [0.25, 0.3) is 0 Å². The third kappa shape index (κ3) is 2.05. The highest BCUT2D eigenvalue weighted by Crippen LogP contribution is 2.32. The Morgan fingerprint density at radius 2 is 2.19 bits per heavy atom. The van der Waals surface area contributed by atoms with Crippen molar-refractivity contribution in [2.75, 3.05) is 18.5 Å². The van der Waals surface area contributed by atoms with E-state index < -0.39 is 0 Å². The van der Waals surface area contributed by atoms with Gasteiger partial charge in [0.15, 0.2) is 0 Å². The highest BCUT2D eigenvalue weighted by molar-refractivity contribution is 5.55. The first-order chi connectivity index (χ1) is 7.74. The number of rotatable bonds is 4. The molecule has 2 nitrogen and oxygen atoms in total. The summed E-state index contributed by atoms with van der Waals surface area (Å²) in [7, 11) is 1.99. The first kappa shape index (κ1) is 11.4. The van der Waals surface area contributed by atoms with Crippen molar-refractivity contribution in [1.82, 2.24) is 0 Å². The molecule has 1 aliphatic carbocycles. The van der Waals surface area contributed by atoms with Crippen molar-refractivity contribution in [2.45, 2.75) is 31.7 Å². The molecule has 1 aromatic rings. The van der Waals surface area contributed by atoms with E-state index in [4.69, 9.17) is 5.73 Å². The van der Waals surface area contributed by atoms with E-state index in [1.807, 2.05) is 13.1 Å². The zero-order chi connectivity index (χ0) is 11.5. The molecule has 0 heterocycles. The SMILES string of the molecule is CN(c1c(F)cccc1CCN)C1CCC1. The van der Waals surface area contributed by atoms with Crippen molar-refractivity contribution in [1.29, 1.82) is 0 Å². The van der Waals surface area contributed by atoms with Gasteiger partial charge in [-0.3, -0.25) is 0 Å². The van der Waals surface area contributed by atoms with Crippen molar-refractivity contribution in [3.8, 4) is 0 Å². The number of benzene rings is 1. The second kappa shape index (κ2) is 4.83. The van der Waals surface area contributed by atoms with E-state index in [0.717, 1.165) is 17.7 Å². The molecule has 0 unspecified atom stereocenters. The normalized spacial score (nSPS) is 15.9. The third-order valence-electron chi connectivity index (χ3n) is 3.46. The fraction of sp³-hybridized carbons (Fsp3) is 0.538. The van der Waals surface area contributed by atoms with Crippen LogP contribution in [-0.2, 0) is 6.42 Å². The molecule has 2 rings (SSSR count). The van der Waals surface area contributed by atoms with Crippen molar-refractivity contribution in [3.63, 3.8) is 0 Å². The van der Waals surface area contributed by atoms with Crippen molar-refractivity contribution in [2.24, 2.45) is 5.73 Å². The number of para-hydroxylation sites is 1. The van der Waals surface area contributed by atoms with Crippen LogP contribution in [0.5, 0.6) is 0 Å². The van der Waals surface area contributed by atoms with E-state index >= 15 is 0 Å². The van der Waals surface area contributed by atoms with Gasteiger partial charge in [0, 0.05) is 13.1 Å². The molecule has 1 aliphatic rings. The first-order valence-electron chi connectivity index (χ1n) is 5.94. The minimum atomic E-state index is -0.125. The average Bonchev–Trinajstić information content (AvgIpc) is 2.15. The molecule has 3 heteroatoms. The van der Waals surface area contributed by atoms with Crippen LogP contribution in [0, 0.1) is 5.82 Å². The van der Waals surface area contributed by atoms with Crippen molar-refractivity contribution >= 4 is 5.69 Å². The van der Waals surface area contributed by atoms with Gasteiger partial charge in [-0.2, -0.15) is 0 Å². The van der Waals surface area contributed by atoms with Gasteiger partial charge in [-0.1, -0.05) is 12.1 Å². The topological polar surface area (TPSA) is 29.3 Å². The molecule has 88 valence electrons. The summed E-state index contributed by atoms with van der Waals surface area (Å²) in [6.07, 6.45) is 4.35. The Kier molecular flexibility index (Phi) is 3.44. The van der Waals surface area contributed by atoms with Crippen LogP contribution in [0.4, 0.5) is 10.1 Å². The van der Waals surface area contributed by atoms with E-state index in [0.29, 0.717) is 12.6 Å². The molecule has 0 saturated heterocycles. The first-order valence-corrected chi connectivity index (χ1v) is 5.94. The zero-order valence-corrected chi connectivity index (χ0v) is 9.75. The Morgan fingerprint density at radius 1 is 1.44 bits per heavy atom. The maximum absolute atomic E-state index is 13.9.